The smallest absolute Gasteiger partial charge is 0.319 e. The first-order valence-corrected chi connectivity index (χ1v) is 5.83. The van der Waals surface area contributed by atoms with Crippen molar-refractivity contribution in [2.24, 2.45) is 0 Å². The molecule has 0 aliphatic rings. The normalized spacial score (nSPS) is 10.9. The van der Waals surface area contributed by atoms with Crippen LogP contribution in [-0.4, -0.2) is 23.6 Å². The van der Waals surface area contributed by atoms with Crippen molar-refractivity contribution in [3.63, 3.8) is 0 Å². The number of hydrogen-bond acceptors (Lipinski definition) is 3. The van der Waals surface area contributed by atoms with Crippen LogP contribution in [-0.2, 0) is 6.42 Å². The minimum absolute atomic E-state index is 0.300. The van der Waals surface area contributed by atoms with Crippen LogP contribution in [0, 0.1) is 0 Å². The average Bonchev–Trinajstić information content (AvgIpc) is 2.27. The van der Waals surface area contributed by atoms with Crippen molar-refractivity contribution in [1.29, 1.82) is 0 Å². The first-order valence-electron chi connectivity index (χ1n) is 5.04. The van der Waals surface area contributed by atoms with E-state index in [1.807, 2.05) is 25.2 Å². The Morgan fingerprint density at radius 2 is 2.31 bits per heavy atom. The van der Waals surface area contributed by atoms with Gasteiger partial charge in [0.25, 0.3) is 0 Å². The fourth-order valence-corrected chi connectivity index (χ4v) is 2.10. The summed E-state index contributed by atoms with van der Waals surface area (Å²) in [6.45, 7) is 0.821. The van der Waals surface area contributed by atoms with Crippen LogP contribution in [0.1, 0.15) is 5.69 Å². The highest BCUT2D eigenvalue weighted by Gasteiger charge is 2.06. The number of H-pyrrole nitrogens is 1. The van der Waals surface area contributed by atoms with Crippen molar-refractivity contribution in [3.05, 3.63) is 38.9 Å². The van der Waals surface area contributed by atoms with Gasteiger partial charge in [-0.15, -0.1) is 0 Å². The second-order valence-corrected chi connectivity index (χ2v) is 4.36. The Morgan fingerprint density at radius 3 is 3.06 bits per heavy atom. The number of hydrogen-bond donors (Lipinski definition) is 2. The summed E-state index contributed by atoms with van der Waals surface area (Å²) in [6.07, 6.45) is 0.779. The molecule has 0 bridgehead atoms. The molecule has 1 aromatic carbocycles. The first-order chi connectivity index (χ1) is 7.72. The SMILES string of the molecule is CNCCc1[nH]c(=O)nc2c(Br)cccc12. The van der Waals surface area contributed by atoms with Gasteiger partial charge in [-0.25, -0.2) is 4.79 Å². The van der Waals surface area contributed by atoms with Crippen molar-refractivity contribution in [2.75, 3.05) is 13.6 Å². The molecular weight excluding hydrogens is 270 g/mol. The van der Waals surface area contributed by atoms with Gasteiger partial charge in [-0.05, 0) is 29.0 Å². The number of halogens is 1. The minimum Gasteiger partial charge on any atom is -0.319 e. The number of aromatic nitrogens is 2. The van der Waals surface area contributed by atoms with Gasteiger partial charge in [0.1, 0.15) is 0 Å². The molecule has 1 heterocycles. The lowest BCUT2D eigenvalue weighted by molar-refractivity contribution is 0.775. The molecule has 16 heavy (non-hydrogen) atoms. The largest absolute Gasteiger partial charge is 0.345 e. The Balaban J connectivity index is 2.63. The second-order valence-electron chi connectivity index (χ2n) is 3.51. The Kier molecular flexibility index (Phi) is 3.36. The fourth-order valence-electron chi connectivity index (χ4n) is 1.65. The monoisotopic (exact) mass is 281 g/mol. The molecule has 1 aromatic heterocycles. The third-order valence-corrected chi connectivity index (χ3v) is 3.05. The van der Waals surface area contributed by atoms with Gasteiger partial charge in [0.05, 0.1) is 5.52 Å². The first kappa shape index (κ1) is 11.3. The van der Waals surface area contributed by atoms with Crippen molar-refractivity contribution in [3.8, 4) is 0 Å². The van der Waals surface area contributed by atoms with Crippen LogP contribution in [0.2, 0.25) is 0 Å². The van der Waals surface area contributed by atoms with Crippen LogP contribution in [0.4, 0.5) is 0 Å². The zero-order chi connectivity index (χ0) is 11.5. The van der Waals surface area contributed by atoms with Crippen LogP contribution < -0.4 is 11.0 Å². The van der Waals surface area contributed by atoms with Crippen molar-refractivity contribution >= 4 is 26.8 Å². The van der Waals surface area contributed by atoms with E-state index in [2.05, 4.69) is 31.2 Å². The Labute approximate surface area is 101 Å². The van der Waals surface area contributed by atoms with Gasteiger partial charge in [-0.3, -0.25) is 0 Å². The summed E-state index contributed by atoms with van der Waals surface area (Å²) >= 11 is 3.40. The standard InChI is InChI=1S/C11H12BrN3O/c1-13-6-5-9-7-3-2-4-8(12)10(7)15-11(16)14-9/h2-4,13H,5-6H2,1H3,(H,14,15,16). The second kappa shape index (κ2) is 4.76. The molecule has 2 aromatic rings. The number of nitrogens with zero attached hydrogens (tertiary/aromatic N) is 1. The van der Waals surface area contributed by atoms with Crippen molar-refractivity contribution in [2.45, 2.75) is 6.42 Å². The summed E-state index contributed by atoms with van der Waals surface area (Å²) in [7, 11) is 1.89. The molecule has 0 spiro atoms. The molecule has 2 rings (SSSR count). The van der Waals surface area contributed by atoms with Crippen LogP contribution in [0.5, 0.6) is 0 Å². The number of benzene rings is 1. The third-order valence-electron chi connectivity index (χ3n) is 2.41. The highest BCUT2D eigenvalue weighted by atomic mass is 79.9. The maximum absolute atomic E-state index is 11.4. The topological polar surface area (TPSA) is 57.8 Å². The van der Waals surface area contributed by atoms with Crippen molar-refractivity contribution < 1.29 is 0 Å². The molecule has 0 atom stereocenters. The third kappa shape index (κ3) is 2.15. The molecule has 84 valence electrons. The maximum Gasteiger partial charge on any atom is 0.345 e. The van der Waals surface area contributed by atoms with E-state index in [9.17, 15) is 4.79 Å². The molecule has 4 nitrogen and oxygen atoms in total. The lowest BCUT2D eigenvalue weighted by Gasteiger charge is -2.06. The van der Waals surface area contributed by atoms with E-state index in [-0.39, 0.29) is 5.69 Å². The van der Waals surface area contributed by atoms with Crippen molar-refractivity contribution in [1.82, 2.24) is 15.3 Å². The highest BCUT2D eigenvalue weighted by Crippen LogP contribution is 2.22. The van der Waals surface area contributed by atoms with Gasteiger partial charge in [0.15, 0.2) is 0 Å². The van der Waals surface area contributed by atoms with Gasteiger partial charge in [0, 0.05) is 28.5 Å². The summed E-state index contributed by atoms with van der Waals surface area (Å²) in [4.78, 5) is 18.2. The Morgan fingerprint density at radius 1 is 1.50 bits per heavy atom. The molecule has 2 N–H and O–H groups in total. The van der Waals surface area contributed by atoms with E-state index in [1.165, 1.54) is 0 Å². The summed E-state index contributed by atoms with van der Waals surface area (Å²) in [5.41, 5.74) is 1.34. The molecule has 0 radical (unpaired) electrons. The van der Waals surface area contributed by atoms with Gasteiger partial charge in [-0.2, -0.15) is 4.98 Å². The van der Waals surface area contributed by atoms with Crippen LogP contribution in [0.15, 0.2) is 27.5 Å². The van der Waals surface area contributed by atoms with Crippen LogP contribution in [0.3, 0.4) is 0 Å². The van der Waals surface area contributed by atoms with Gasteiger partial charge in [0.2, 0.25) is 0 Å². The molecule has 0 fully saturated rings. The number of fused-ring (bicyclic) bond motifs is 1. The van der Waals surface area contributed by atoms with Gasteiger partial charge in [-0.1, -0.05) is 12.1 Å². The zero-order valence-electron chi connectivity index (χ0n) is 8.88. The molecule has 0 unspecified atom stereocenters. The lowest BCUT2D eigenvalue weighted by Crippen LogP contribution is -2.17. The number of rotatable bonds is 3. The average molecular weight is 282 g/mol. The molecule has 0 saturated carbocycles. The predicted octanol–water partition coefficient (Wildman–Crippen LogP) is 1.45. The zero-order valence-corrected chi connectivity index (χ0v) is 10.5. The van der Waals surface area contributed by atoms with Gasteiger partial charge < -0.3 is 10.3 Å². The molecule has 0 saturated heterocycles. The van der Waals surface area contributed by atoms with E-state index in [4.69, 9.17) is 0 Å². The summed E-state index contributed by atoms with van der Waals surface area (Å²) in [5, 5.41) is 4.05. The molecule has 5 heteroatoms. The number of nitrogens with one attached hydrogen (secondary N) is 2. The Hall–Kier alpha value is -1.20. The molecule has 0 aliphatic heterocycles. The minimum atomic E-state index is -0.300. The molecular formula is C11H12BrN3O. The number of para-hydroxylation sites is 1. The highest BCUT2D eigenvalue weighted by molar-refractivity contribution is 9.10. The summed E-state index contributed by atoms with van der Waals surface area (Å²) < 4.78 is 0.849. The summed E-state index contributed by atoms with van der Waals surface area (Å²) in [6, 6.07) is 5.79. The molecule has 0 amide bonds. The Bertz CT molecular complexity index is 565. The maximum atomic E-state index is 11.4. The van der Waals surface area contributed by atoms with E-state index < -0.39 is 0 Å². The lowest BCUT2D eigenvalue weighted by atomic mass is 10.1. The van der Waals surface area contributed by atoms with Crippen LogP contribution in [0.25, 0.3) is 10.9 Å². The molecule has 0 aliphatic carbocycles. The van der Waals surface area contributed by atoms with Crippen LogP contribution >= 0.6 is 15.9 Å². The van der Waals surface area contributed by atoms with E-state index >= 15 is 0 Å². The summed E-state index contributed by atoms with van der Waals surface area (Å²) in [5.74, 6) is 0. The predicted molar refractivity (Wildman–Crippen MR) is 67.7 cm³/mol. The fraction of sp³-hybridized carbons (Fsp3) is 0.273. The number of aromatic amines is 1. The van der Waals surface area contributed by atoms with E-state index in [0.29, 0.717) is 0 Å². The van der Waals surface area contributed by atoms with Gasteiger partial charge >= 0.3 is 5.69 Å². The van der Waals surface area contributed by atoms with E-state index in [0.717, 1.165) is 34.0 Å². The number of likely N-dealkylation sites (N-methyl/N-ethyl adjacent to an activating group) is 1. The quantitative estimate of drug-likeness (QED) is 0.895. The van der Waals surface area contributed by atoms with E-state index in [1.54, 1.807) is 0 Å².